The third kappa shape index (κ3) is 1970. The van der Waals surface area contributed by atoms with E-state index in [1.807, 2.05) is 0 Å². The molecule has 0 rings (SSSR count). The van der Waals surface area contributed by atoms with Gasteiger partial charge in [-0.25, -0.2) is 0 Å². The molecule has 3 N–H and O–H groups in total. The molecule has 0 radical (unpaired) electrons. The van der Waals surface area contributed by atoms with Crippen LogP contribution in [0.3, 0.4) is 0 Å². The summed E-state index contributed by atoms with van der Waals surface area (Å²) in [7, 11) is 0. The maximum atomic E-state index is 9.00. The maximum absolute atomic E-state index is 9.00. The molecule has 0 unspecified atom stereocenters. The van der Waals surface area contributed by atoms with Crippen LogP contribution in [0.4, 0.5) is 0 Å². The first-order chi connectivity index (χ1) is 1.73. The van der Waals surface area contributed by atoms with Crippen LogP contribution in [0.2, 0.25) is 0 Å². The minimum Gasteiger partial charge on any atom is -0.481 e. The predicted octanol–water partition coefficient (Wildman–Crippen LogP) is -0.736. The molecule has 0 bridgehead atoms. The summed E-state index contributed by atoms with van der Waals surface area (Å²) >= 11 is 0. The Labute approximate surface area is 50.5 Å². The predicted molar refractivity (Wildman–Crippen MR) is 16.9 cm³/mol. The molecule has 6 heavy (non-hydrogen) atoms. The number of aliphatic carboxylic acids is 1. The van der Waals surface area contributed by atoms with E-state index in [2.05, 4.69) is 0 Å². The van der Waals surface area contributed by atoms with Gasteiger partial charge in [-0.1, -0.05) is 0 Å². The zero-order valence-electron chi connectivity index (χ0n) is 3.36. The van der Waals surface area contributed by atoms with Crippen molar-refractivity contribution >= 4 is 5.97 Å². The first-order valence-corrected chi connectivity index (χ1v) is 0.928. The van der Waals surface area contributed by atoms with Gasteiger partial charge in [-0.15, -0.1) is 0 Å². The van der Waals surface area contributed by atoms with E-state index in [0.29, 0.717) is 0 Å². The summed E-state index contributed by atoms with van der Waals surface area (Å²) in [5, 5.41) is 7.42. The molecule has 0 aliphatic carbocycles. The number of carboxylic acid groups (broad SMARTS) is 1. The second-order valence-electron chi connectivity index (χ2n) is 0.519. The molecule has 0 fully saturated rings. The fourth-order valence-corrected chi connectivity index (χ4v) is 0. The summed E-state index contributed by atoms with van der Waals surface area (Å²) in [6.07, 6.45) is 0. The Morgan fingerprint density at radius 3 is 1.67 bits per heavy atom. The standard InChI is InChI=1S/C2H4O2.H2O.Ti/c1-2(3)4;;/h1H3,(H,3,4);1H2;. The van der Waals surface area contributed by atoms with Gasteiger partial charge in [0.05, 0.1) is 0 Å². The largest absolute Gasteiger partial charge is 0.481 e. The molecule has 0 aliphatic heterocycles. The molecule has 0 aliphatic rings. The van der Waals surface area contributed by atoms with Crippen LogP contribution >= 0.6 is 0 Å². The van der Waals surface area contributed by atoms with Crippen molar-refractivity contribution in [1.29, 1.82) is 0 Å². The van der Waals surface area contributed by atoms with Gasteiger partial charge in [0, 0.05) is 28.6 Å². The number of carbonyl (C=O) groups is 1. The van der Waals surface area contributed by atoms with Crippen molar-refractivity contribution in [2.75, 3.05) is 0 Å². The quantitative estimate of drug-likeness (QED) is 0.434. The summed E-state index contributed by atoms with van der Waals surface area (Å²) in [5.74, 6) is -0.833. The Bertz CT molecular complexity index is 31.8. The van der Waals surface area contributed by atoms with Gasteiger partial charge >= 0.3 is 0 Å². The number of rotatable bonds is 0. The van der Waals surface area contributed by atoms with Crippen LogP contribution < -0.4 is 0 Å². The monoisotopic (exact) mass is 126 g/mol. The molecule has 4 heteroatoms. The van der Waals surface area contributed by atoms with Crippen molar-refractivity contribution in [1.82, 2.24) is 0 Å². The SMILES string of the molecule is CC(=O)O.O.[Ti]. The van der Waals surface area contributed by atoms with Gasteiger partial charge in [-0.3, -0.25) is 4.79 Å². The third-order valence-electron chi connectivity index (χ3n) is 0. The van der Waals surface area contributed by atoms with Crippen LogP contribution in [0.1, 0.15) is 6.92 Å². The van der Waals surface area contributed by atoms with Gasteiger partial charge < -0.3 is 10.6 Å². The second-order valence-corrected chi connectivity index (χ2v) is 0.519. The van der Waals surface area contributed by atoms with Crippen molar-refractivity contribution in [3.8, 4) is 0 Å². The van der Waals surface area contributed by atoms with E-state index >= 15 is 0 Å². The summed E-state index contributed by atoms with van der Waals surface area (Å²) < 4.78 is 0. The summed E-state index contributed by atoms with van der Waals surface area (Å²) in [6.45, 7) is 1.08. The third-order valence-corrected chi connectivity index (χ3v) is 0. The van der Waals surface area contributed by atoms with Crippen LogP contribution in [0, 0.1) is 0 Å². The van der Waals surface area contributed by atoms with Crippen molar-refractivity contribution in [2.24, 2.45) is 0 Å². The summed E-state index contributed by atoms with van der Waals surface area (Å²) in [5.41, 5.74) is 0. The van der Waals surface area contributed by atoms with Gasteiger partial charge in [0.15, 0.2) is 0 Å². The van der Waals surface area contributed by atoms with Crippen molar-refractivity contribution in [3.05, 3.63) is 0 Å². The smallest absolute Gasteiger partial charge is 0.300 e. The van der Waals surface area contributed by atoms with Gasteiger partial charge in [0.2, 0.25) is 0 Å². The zero-order valence-corrected chi connectivity index (χ0v) is 4.92. The number of carboxylic acids is 1. The molecular formula is C2H6O3Ti. The van der Waals surface area contributed by atoms with Crippen molar-refractivity contribution in [2.45, 2.75) is 6.92 Å². The second kappa shape index (κ2) is 8.94. The Morgan fingerprint density at radius 2 is 1.67 bits per heavy atom. The average Bonchev–Trinajstić information content (AvgIpc) is 0.811. The van der Waals surface area contributed by atoms with Gasteiger partial charge in [0.1, 0.15) is 0 Å². The summed E-state index contributed by atoms with van der Waals surface area (Å²) in [6, 6.07) is 0. The van der Waals surface area contributed by atoms with E-state index in [-0.39, 0.29) is 27.2 Å². The molecule has 3 nitrogen and oxygen atoms in total. The fraction of sp³-hybridized carbons (Fsp3) is 0.500. The van der Waals surface area contributed by atoms with Gasteiger partial charge in [-0.2, -0.15) is 0 Å². The Hall–Kier alpha value is 0.144. The van der Waals surface area contributed by atoms with E-state index in [9.17, 15) is 0 Å². The molecule has 0 amide bonds. The van der Waals surface area contributed by atoms with E-state index in [1.165, 1.54) is 0 Å². The molecule has 0 saturated heterocycles. The number of hydrogen-bond donors (Lipinski definition) is 1. The first kappa shape index (κ1) is 16.4. The average molecular weight is 126 g/mol. The zero-order chi connectivity index (χ0) is 3.58. The Morgan fingerprint density at radius 1 is 1.67 bits per heavy atom. The minimum atomic E-state index is -0.833. The molecule has 0 heterocycles. The van der Waals surface area contributed by atoms with E-state index in [1.54, 1.807) is 0 Å². The minimum absolute atomic E-state index is 0. The molecule has 0 atom stereocenters. The topological polar surface area (TPSA) is 68.8 Å². The molecule has 0 aromatic rings. The Balaban J connectivity index is -0.0000000450. The van der Waals surface area contributed by atoms with E-state index < -0.39 is 5.97 Å². The maximum Gasteiger partial charge on any atom is 0.300 e. The van der Waals surface area contributed by atoms with E-state index in [0.717, 1.165) is 6.92 Å². The van der Waals surface area contributed by atoms with Gasteiger partial charge in [-0.05, 0) is 0 Å². The van der Waals surface area contributed by atoms with Crippen LogP contribution in [0.25, 0.3) is 0 Å². The van der Waals surface area contributed by atoms with Crippen LogP contribution in [0.5, 0.6) is 0 Å². The molecule has 36 valence electrons. The molecular weight excluding hydrogens is 120 g/mol. The fourth-order valence-electron chi connectivity index (χ4n) is 0. The number of hydrogen-bond acceptors (Lipinski definition) is 1. The van der Waals surface area contributed by atoms with Crippen LogP contribution in [-0.4, -0.2) is 16.6 Å². The molecule has 0 spiro atoms. The van der Waals surface area contributed by atoms with Crippen molar-refractivity contribution in [3.63, 3.8) is 0 Å². The molecule has 0 aromatic carbocycles. The summed E-state index contributed by atoms with van der Waals surface area (Å²) in [4.78, 5) is 9.00. The molecule has 0 aromatic heterocycles. The normalized spacial score (nSPS) is 4.17. The van der Waals surface area contributed by atoms with Gasteiger partial charge in [0.25, 0.3) is 5.97 Å². The van der Waals surface area contributed by atoms with Crippen LogP contribution in [0.15, 0.2) is 0 Å². The first-order valence-electron chi connectivity index (χ1n) is 0.928. The Kier molecular flexibility index (Phi) is 24.5. The molecule has 0 saturated carbocycles. The van der Waals surface area contributed by atoms with E-state index in [4.69, 9.17) is 9.90 Å². The van der Waals surface area contributed by atoms with Crippen LogP contribution in [-0.2, 0) is 26.5 Å². The van der Waals surface area contributed by atoms with Crippen molar-refractivity contribution < 1.29 is 37.1 Å².